The van der Waals surface area contributed by atoms with Gasteiger partial charge in [0.25, 0.3) is 0 Å². The third kappa shape index (κ3) is 6.02. The van der Waals surface area contributed by atoms with Crippen molar-refractivity contribution in [2.24, 2.45) is 0 Å². The number of para-hydroxylation sites is 2. The largest absolute Gasteiger partial charge is 0.492 e. The van der Waals surface area contributed by atoms with E-state index in [1.165, 1.54) is 6.07 Å². The van der Waals surface area contributed by atoms with E-state index in [9.17, 15) is 4.39 Å². The van der Waals surface area contributed by atoms with Gasteiger partial charge in [-0.15, -0.1) is 0 Å². The van der Waals surface area contributed by atoms with Crippen LogP contribution in [0.25, 0.3) is 0 Å². The quantitative estimate of drug-likeness (QED) is 0.534. The van der Waals surface area contributed by atoms with E-state index in [1.54, 1.807) is 17.8 Å². The molecule has 6 heteroatoms. The molecule has 0 heterocycles. The first kappa shape index (κ1) is 18.5. The molecule has 0 radical (unpaired) electrons. The summed E-state index contributed by atoms with van der Waals surface area (Å²) in [6.45, 7) is 3.26. The van der Waals surface area contributed by atoms with Crippen LogP contribution in [0.4, 0.5) is 10.1 Å². The van der Waals surface area contributed by atoms with E-state index in [2.05, 4.69) is 10.6 Å². The number of hydrogen-bond acceptors (Lipinski definition) is 3. The number of hydrogen-bond donors (Lipinski definition) is 2. The average molecular weight is 365 g/mol. The van der Waals surface area contributed by atoms with E-state index < -0.39 is 0 Å². The smallest absolute Gasteiger partial charge is 0.170 e. The van der Waals surface area contributed by atoms with Crippen LogP contribution in [0.5, 0.6) is 5.75 Å². The van der Waals surface area contributed by atoms with Crippen LogP contribution in [0.2, 0.25) is 0 Å². The van der Waals surface area contributed by atoms with Crippen LogP contribution in [0, 0.1) is 5.82 Å². The van der Waals surface area contributed by atoms with Gasteiger partial charge in [0.15, 0.2) is 5.11 Å². The van der Waals surface area contributed by atoms with Crippen LogP contribution < -0.4 is 15.4 Å². The number of anilines is 1. The lowest BCUT2D eigenvalue weighted by molar-refractivity contribution is 0.342. The van der Waals surface area contributed by atoms with Gasteiger partial charge in [-0.3, -0.25) is 0 Å². The summed E-state index contributed by atoms with van der Waals surface area (Å²) in [6.07, 6.45) is 0. The molecule has 0 saturated carbocycles. The second-order valence-corrected chi connectivity index (χ2v) is 6.47. The SMILES string of the molecule is CCOc1ccccc1NC(=S)NCCSCc1ccccc1F. The molecule has 0 amide bonds. The molecule has 24 heavy (non-hydrogen) atoms. The first-order valence-corrected chi connectivity index (χ1v) is 9.35. The topological polar surface area (TPSA) is 33.3 Å². The zero-order chi connectivity index (χ0) is 17.2. The maximum Gasteiger partial charge on any atom is 0.170 e. The molecule has 0 atom stereocenters. The Morgan fingerprint density at radius 3 is 2.71 bits per heavy atom. The first-order valence-electron chi connectivity index (χ1n) is 7.78. The molecule has 0 saturated heterocycles. The third-order valence-electron chi connectivity index (χ3n) is 3.18. The van der Waals surface area contributed by atoms with Crippen molar-refractivity contribution in [3.8, 4) is 5.75 Å². The van der Waals surface area contributed by atoms with Crippen molar-refractivity contribution in [1.82, 2.24) is 5.32 Å². The number of rotatable bonds is 8. The summed E-state index contributed by atoms with van der Waals surface area (Å²) in [5.41, 5.74) is 1.57. The number of halogens is 1. The van der Waals surface area contributed by atoms with Gasteiger partial charge < -0.3 is 15.4 Å². The molecule has 0 bridgehead atoms. The molecule has 0 aliphatic heterocycles. The third-order valence-corrected chi connectivity index (χ3v) is 4.44. The van der Waals surface area contributed by atoms with E-state index in [-0.39, 0.29) is 5.82 Å². The van der Waals surface area contributed by atoms with Gasteiger partial charge >= 0.3 is 0 Å². The minimum atomic E-state index is -0.150. The van der Waals surface area contributed by atoms with Crippen molar-refractivity contribution >= 4 is 34.8 Å². The summed E-state index contributed by atoms with van der Waals surface area (Å²) in [5, 5.41) is 6.84. The summed E-state index contributed by atoms with van der Waals surface area (Å²) >= 11 is 6.96. The monoisotopic (exact) mass is 364 g/mol. The van der Waals surface area contributed by atoms with Crippen LogP contribution in [-0.2, 0) is 5.75 Å². The second-order valence-electron chi connectivity index (χ2n) is 4.95. The first-order chi connectivity index (χ1) is 11.7. The molecule has 0 aliphatic rings. The molecule has 0 fully saturated rings. The molecule has 0 spiro atoms. The Morgan fingerprint density at radius 2 is 1.92 bits per heavy atom. The van der Waals surface area contributed by atoms with E-state index >= 15 is 0 Å². The van der Waals surface area contributed by atoms with E-state index in [0.29, 0.717) is 24.0 Å². The van der Waals surface area contributed by atoms with Gasteiger partial charge in [0.2, 0.25) is 0 Å². The van der Waals surface area contributed by atoms with Gasteiger partial charge in [0, 0.05) is 18.1 Å². The summed E-state index contributed by atoms with van der Waals surface area (Å²) in [6, 6.07) is 14.5. The summed E-state index contributed by atoms with van der Waals surface area (Å²) in [5.74, 6) is 2.12. The van der Waals surface area contributed by atoms with Gasteiger partial charge in [-0.25, -0.2) is 4.39 Å². The van der Waals surface area contributed by atoms with Gasteiger partial charge in [-0.05, 0) is 42.9 Å². The maximum absolute atomic E-state index is 13.5. The van der Waals surface area contributed by atoms with Crippen LogP contribution in [0.3, 0.4) is 0 Å². The minimum absolute atomic E-state index is 0.150. The van der Waals surface area contributed by atoms with Gasteiger partial charge in [-0.2, -0.15) is 11.8 Å². The Hall–Kier alpha value is -1.79. The van der Waals surface area contributed by atoms with Crippen molar-refractivity contribution < 1.29 is 9.13 Å². The predicted octanol–water partition coefficient (Wildman–Crippen LogP) is 4.44. The number of benzene rings is 2. The zero-order valence-corrected chi connectivity index (χ0v) is 15.2. The molecule has 2 N–H and O–H groups in total. The molecule has 128 valence electrons. The van der Waals surface area contributed by atoms with Crippen molar-refractivity contribution in [3.05, 3.63) is 59.9 Å². The van der Waals surface area contributed by atoms with E-state index in [0.717, 1.165) is 22.8 Å². The highest BCUT2D eigenvalue weighted by atomic mass is 32.2. The fraction of sp³-hybridized carbons (Fsp3) is 0.278. The molecule has 3 nitrogen and oxygen atoms in total. The van der Waals surface area contributed by atoms with Crippen LogP contribution >= 0.6 is 24.0 Å². The lowest BCUT2D eigenvalue weighted by Crippen LogP contribution is -2.30. The van der Waals surface area contributed by atoms with Crippen molar-refractivity contribution in [2.45, 2.75) is 12.7 Å². The lowest BCUT2D eigenvalue weighted by Gasteiger charge is -2.14. The maximum atomic E-state index is 13.5. The van der Waals surface area contributed by atoms with Crippen LogP contribution in [0.1, 0.15) is 12.5 Å². The molecular weight excluding hydrogens is 343 g/mol. The Morgan fingerprint density at radius 1 is 1.17 bits per heavy atom. The molecule has 0 unspecified atom stereocenters. The fourth-order valence-electron chi connectivity index (χ4n) is 2.05. The molecule has 2 aromatic rings. The molecule has 0 aliphatic carbocycles. The van der Waals surface area contributed by atoms with Gasteiger partial charge in [0.1, 0.15) is 11.6 Å². The Kier molecular flexibility index (Phi) is 7.85. The van der Waals surface area contributed by atoms with E-state index in [1.807, 2.05) is 43.3 Å². The molecule has 2 rings (SSSR count). The van der Waals surface area contributed by atoms with Crippen molar-refractivity contribution in [2.75, 3.05) is 24.2 Å². The average Bonchev–Trinajstić information content (AvgIpc) is 2.58. The number of thiocarbonyl (C=S) groups is 1. The standard InChI is InChI=1S/C18H21FN2OS2/c1-2-22-17-10-6-5-9-16(17)21-18(23)20-11-12-24-13-14-7-3-4-8-15(14)19/h3-10H,2,11-13H2,1H3,(H2,20,21,23). The Balaban J connectivity index is 1.69. The van der Waals surface area contributed by atoms with Crippen molar-refractivity contribution in [3.63, 3.8) is 0 Å². The van der Waals surface area contributed by atoms with Gasteiger partial charge in [0.05, 0.1) is 12.3 Å². The number of nitrogens with one attached hydrogen (secondary N) is 2. The Labute approximate surface area is 152 Å². The predicted molar refractivity (Wildman–Crippen MR) is 104 cm³/mol. The highest BCUT2D eigenvalue weighted by Gasteiger charge is 2.04. The minimum Gasteiger partial charge on any atom is -0.492 e. The number of thioether (sulfide) groups is 1. The second kappa shape index (κ2) is 10.2. The number of ether oxygens (including phenoxy) is 1. The normalized spacial score (nSPS) is 10.2. The molecule has 0 aromatic heterocycles. The van der Waals surface area contributed by atoms with E-state index in [4.69, 9.17) is 17.0 Å². The fourth-order valence-corrected chi connectivity index (χ4v) is 3.11. The van der Waals surface area contributed by atoms with Crippen molar-refractivity contribution in [1.29, 1.82) is 0 Å². The molecular formula is C18H21FN2OS2. The van der Waals surface area contributed by atoms with Crippen LogP contribution in [-0.4, -0.2) is 24.0 Å². The zero-order valence-electron chi connectivity index (χ0n) is 13.5. The summed E-state index contributed by atoms with van der Waals surface area (Å²) < 4.78 is 19.0. The van der Waals surface area contributed by atoms with Gasteiger partial charge in [-0.1, -0.05) is 30.3 Å². The Bertz CT molecular complexity index is 667. The summed E-state index contributed by atoms with van der Waals surface area (Å²) in [4.78, 5) is 0. The summed E-state index contributed by atoms with van der Waals surface area (Å²) in [7, 11) is 0. The highest BCUT2D eigenvalue weighted by Crippen LogP contribution is 2.23. The van der Waals surface area contributed by atoms with Crippen LogP contribution in [0.15, 0.2) is 48.5 Å². The highest BCUT2D eigenvalue weighted by molar-refractivity contribution is 7.98. The molecule has 2 aromatic carbocycles. The lowest BCUT2D eigenvalue weighted by atomic mass is 10.2.